The van der Waals surface area contributed by atoms with Crippen LogP contribution < -0.4 is 4.57 Å². The predicted octanol–water partition coefficient (Wildman–Crippen LogP) is 4.68. The Balaban J connectivity index is 2.18. The van der Waals surface area contributed by atoms with Crippen LogP contribution in [-0.2, 0) is 11.0 Å². The van der Waals surface area contributed by atoms with Gasteiger partial charge in [0.05, 0.1) is 11.0 Å². The number of allylic oxidation sites excluding steroid dienone is 1. The van der Waals surface area contributed by atoms with Crippen LogP contribution in [-0.4, -0.2) is 0 Å². The monoisotopic (exact) mass is 290 g/mol. The summed E-state index contributed by atoms with van der Waals surface area (Å²) in [5.41, 5.74) is 7.27. The van der Waals surface area contributed by atoms with Crippen LogP contribution in [0.2, 0.25) is 0 Å². The van der Waals surface area contributed by atoms with Crippen molar-refractivity contribution in [3.05, 3.63) is 65.9 Å². The summed E-state index contributed by atoms with van der Waals surface area (Å²) < 4.78 is 2.62. The van der Waals surface area contributed by atoms with E-state index in [2.05, 4.69) is 74.4 Å². The van der Waals surface area contributed by atoms with E-state index in [1.807, 2.05) is 0 Å². The van der Waals surface area contributed by atoms with E-state index < -0.39 is 0 Å². The van der Waals surface area contributed by atoms with E-state index in [-0.39, 0.29) is 11.0 Å². The van der Waals surface area contributed by atoms with Gasteiger partial charge in [-0.2, -0.15) is 4.57 Å². The molecule has 2 aromatic rings. The molecule has 0 amide bonds. The molecule has 4 rings (SSSR count). The number of pyridine rings is 1. The molecule has 1 saturated carbocycles. The number of hydrogen-bond donors (Lipinski definition) is 0. The first kappa shape index (κ1) is 13.8. The van der Waals surface area contributed by atoms with Crippen LogP contribution >= 0.6 is 0 Å². The number of aromatic nitrogens is 1. The largest absolute Gasteiger partial charge is 0.213 e. The molecule has 1 nitrogen and oxygen atoms in total. The number of rotatable bonds is 2. The summed E-state index contributed by atoms with van der Waals surface area (Å²) >= 11 is 0. The van der Waals surface area contributed by atoms with Crippen LogP contribution in [0.1, 0.15) is 44.4 Å². The summed E-state index contributed by atoms with van der Waals surface area (Å²) in [5, 5.41) is 0. The zero-order valence-corrected chi connectivity index (χ0v) is 13.8. The lowest BCUT2D eigenvalue weighted by molar-refractivity contribution is -0.781. The highest BCUT2D eigenvalue weighted by atomic mass is 15.1. The topological polar surface area (TPSA) is 3.88 Å². The first-order chi connectivity index (χ1) is 10.6. The molecule has 112 valence electrons. The smallest absolute Gasteiger partial charge is 0.189 e. The minimum absolute atomic E-state index is 0.0993. The molecular formula is C21H24N+. The van der Waals surface area contributed by atoms with Crippen molar-refractivity contribution < 1.29 is 4.57 Å². The second kappa shape index (κ2) is 4.32. The fourth-order valence-corrected chi connectivity index (χ4v) is 5.42. The van der Waals surface area contributed by atoms with Gasteiger partial charge in [0.2, 0.25) is 5.69 Å². The second-order valence-corrected chi connectivity index (χ2v) is 6.86. The Morgan fingerprint density at radius 2 is 1.82 bits per heavy atom. The van der Waals surface area contributed by atoms with Gasteiger partial charge in [0.1, 0.15) is 0 Å². The molecule has 2 unspecified atom stereocenters. The highest BCUT2D eigenvalue weighted by molar-refractivity contribution is 5.69. The van der Waals surface area contributed by atoms with Gasteiger partial charge in [0, 0.05) is 31.9 Å². The van der Waals surface area contributed by atoms with Crippen LogP contribution in [0.4, 0.5) is 0 Å². The fourth-order valence-electron chi connectivity index (χ4n) is 5.42. The third-order valence-electron chi connectivity index (χ3n) is 6.29. The van der Waals surface area contributed by atoms with Crippen LogP contribution in [0.5, 0.6) is 0 Å². The average molecular weight is 290 g/mol. The lowest BCUT2D eigenvalue weighted by Crippen LogP contribution is -2.77. The maximum absolute atomic E-state index is 4.47. The zero-order chi connectivity index (χ0) is 15.5. The predicted molar refractivity (Wildman–Crippen MR) is 90.8 cm³/mol. The van der Waals surface area contributed by atoms with Crippen molar-refractivity contribution in [2.75, 3.05) is 0 Å². The van der Waals surface area contributed by atoms with Gasteiger partial charge in [0.25, 0.3) is 0 Å². The molecule has 0 spiro atoms. The molecule has 1 aromatic carbocycles. The highest BCUT2D eigenvalue weighted by Crippen LogP contribution is 2.64. The van der Waals surface area contributed by atoms with Gasteiger partial charge >= 0.3 is 0 Å². The van der Waals surface area contributed by atoms with Crippen LogP contribution in [0.15, 0.2) is 54.6 Å². The summed E-state index contributed by atoms with van der Waals surface area (Å²) in [6, 6.07) is 15.7. The third-order valence-corrected chi connectivity index (χ3v) is 6.29. The van der Waals surface area contributed by atoms with Gasteiger partial charge in [-0.15, -0.1) is 0 Å². The van der Waals surface area contributed by atoms with Gasteiger partial charge < -0.3 is 0 Å². The Morgan fingerprint density at radius 1 is 1.05 bits per heavy atom. The maximum atomic E-state index is 4.47. The SMILES string of the molecule is C=C1CC2(CC)[n+]3c(C)cccc3-c3ccccc3C12CC. The molecule has 1 fully saturated rings. The summed E-state index contributed by atoms with van der Waals surface area (Å²) in [6.45, 7) is 11.4. The lowest BCUT2D eigenvalue weighted by atomic mass is 9.45. The van der Waals surface area contributed by atoms with E-state index in [1.165, 1.54) is 28.1 Å². The number of hydrogen-bond acceptors (Lipinski definition) is 0. The number of benzene rings is 1. The molecule has 0 N–H and O–H groups in total. The molecule has 2 atom stereocenters. The molecule has 1 aliphatic heterocycles. The molecule has 1 heteroatoms. The van der Waals surface area contributed by atoms with Crippen LogP contribution in [0.25, 0.3) is 11.3 Å². The van der Waals surface area contributed by atoms with E-state index in [4.69, 9.17) is 0 Å². The van der Waals surface area contributed by atoms with Crippen molar-refractivity contribution >= 4 is 0 Å². The highest BCUT2D eigenvalue weighted by Gasteiger charge is 2.70. The van der Waals surface area contributed by atoms with Crippen molar-refractivity contribution in [3.8, 4) is 11.3 Å². The van der Waals surface area contributed by atoms with Crippen molar-refractivity contribution in [2.45, 2.75) is 51.0 Å². The maximum Gasteiger partial charge on any atom is 0.213 e. The Kier molecular flexibility index (Phi) is 2.70. The average Bonchev–Trinajstić information content (AvgIpc) is 2.53. The molecule has 0 radical (unpaired) electrons. The van der Waals surface area contributed by atoms with Crippen molar-refractivity contribution in [1.82, 2.24) is 0 Å². The van der Waals surface area contributed by atoms with E-state index in [1.54, 1.807) is 0 Å². The van der Waals surface area contributed by atoms with Gasteiger partial charge in [-0.1, -0.05) is 44.2 Å². The van der Waals surface area contributed by atoms with E-state index in [0.717, 1.165) is 19.3 Å². The number of fused-ring (bicyclic) bond motifs is 6. The Morgan fingerprint density at radius 3 is 2.50 bits per heavy atom. The summed E-state index contributed by atoms with van der Waals surface area (Å²) in [5.74, 6) is 0. The quantitative estimate of drug-likeness (QED) is 0.558. The van der Waals surface area contributed by atoms with Crippen molar-refractivity contribution in [3.63, 3.8) is 0 Å². The zero-order valence-electron chi connectivity index (χ0n) is 13.8. The molecule has 2 aliphatic rings. The minimum Gasteiger partial charge on any atom is -0.189 e. The normalized spacial score (nSPS) is 28.4. The van der Waals surface area contributed by atoms with E-state index >= 15 is 0 Å². The first-order valence-corrected chi connectivity index (χ1v) is 8.42. The summed E-state index contributed by atoms with van der Waals surface area (Å²) in [7, 11) is 0. The molecule has 1 aromatic heterocycles. The molecule has 2 heterocycles. The fraction of sp³-hybridized carbons (Fsp3) is 0.381. The second-order valence-electron chi connectivity index (χ2n) is 6.86. The molecule has 0 bridgehead atoms. The third kappa shape index (κ3) is 1.25. The van der Waals surface area contributed by atoms with Gasteiger partial charge in [0.15, 0.2) is 11.2 Å². The lowest BCUT2D eigenvalue weighted by Gasteiger charge is -2.59. The van der Waals surface area contributed by atoms with Crippen molar-refractivity contribution in [2.24, 2.45) is 0 Å². The molecule has 0 saturated heterocycles. The van der Waals surface area contributed by atoms with Gasteiger partial charge in [-0.3, -0.25) is 0 Å². The number of aryl methyl sites for hydroxylation is 1. The van der Waals surface area contributed by atoms with Crippen LogP contribution in [0, 0.1) is 6.92 Å². The van der Waals surface area contributed by atoms with Crippen molar-refractivity contribution in [1.29, 1.82) is 0 Å². The first-order valence-electron chi connectivity index (χ1n) is 8.42. The van der Waals surface area contributed by atoms with E-state index in [0.29, 0.717) is 0 Å². The summed E-state index contributed by atoms with van der Waals surface area (Å²) in [4.78, 5) is 0. The Bertz CT molecular complexity index is 788. The van der Waals surface area contributed by atoms with Gasteiger partial charge in [-0.25, -0.2) is 0 Å². The van der Waals surface area contributed by atoms with E-state index in [9.17, 15) is 0 Å². The minimum atomic E-state index is 0.0993. The Hall–Kier alpha value is -1.89. The van der Waals surface area contributed by atoms with Gasteiger partial charge in [-0.05, 0) is 24.1 Å². The molecule has 22 heavy (non-hydrogen) atoms. The molecule has 1 aliphatic carbocycles. The summed E-state index contributed by atoms with van der Waals surface area (Å²) in [6.07, 6.45) is 3.38. The number of nitrogens with zero attached hydrogens (tertiary/aromatic N) is 1. The standard InChI is InChI=1S/C21H24N/c1-5-20-14-15(3)21(20,6-2)18-12-8-7-11-17(18)19-13-9-10-16(4)22(19)20/h7-13H,3,5-6,14H2,1-2,4H3/q+1. The molecular weight excluding hydrogens is 266 g/mol. The Labute approximate surface area is 133 Å². The van der Waals surface area contributed by atoms with Crippen LogP contribution in [0.3, 0.4) is 0 Å².